The molecule has 0 bridgehead atoms. The zero-order valence-corrected chi connectivity index (χ0v) is 20.2. The normalized spacial score (nSPS) is 13.0. The number of carbonyl (C=O) groups excluding carboxylic acids is 2. The van der Waals surface area contributed by atoms with Crippen LogP contribution >= 0.6 is 11.8 Å². The van der Waals surface area contributed by atoms with Gasteiger partial charge in [0.2, 0.25) is 0 Å². The molecule has 1 rings (SSSR count). The van der Waals surface area contributed by atoms with Crippen molar-refractivity contribution in [2.75, 3.05) is 12.9 Å². The third-order valence-corrected chi connectivity index (χ3v) is 6.84. The molecule has 0 aromatic heterocycles. The van der Waals surface area contributed by atoms with E-state index in [1.54, 1.807) is 0 Å². The first-order valence-electron chi connectivity index (χ1n) is 11.7. The number of aryl methyl sites for hydroxylation is 1. The molecule has 0 saturated carbocycles. The van der Waals surface area contributed by atoms with E-state index in [4.69, 9.17) is 5.73 Å². The fourth-order valence-electron chi connectivity index (χ4n) is 3.65. The number of aliphatic hydroxyl groups is 1. The van der Waals surface area contributed by atoms with Crippen molar-refractivity contribution in [2.45, 2.75) is 95.3 Å². The minimum Gasteiger partial charge on any atom is -0.469 e. The number of methoxy groups -OCH3 is 1. The third-order valence-electron chi connectivity index (χ3n) is 5.61. The molecular weight excluding hydrogens is 410 g/mol. The van der Waals surface area contributed by atoms with E-state index >= 15 is 0 Å². The maximum Gasteiger partial charge on any atom is 0.306 e. The van der Waals surface area contributed by atoms with Gasteiger partial charge in [-0.25, -0.2) is 0 Å². The Morgan fingerprint density at radius 1 is 0.968 bits per heavy atom. The Morgan fingerprint density at radius 3 is 2.06 bits per heavy atom. The number of carbonyl (C=O) groups is 2. The first-order valence-corrected chi connectivity index (χ1v) is 12.7. The van der Waals surface area contributed by atoms with E-state index in [-0.39, 0.29) is 24.6 Å². The summed E-state index contributed by atoms with van der Waals surface area (Å²) < 4.78 is 4.61. The number of rotatable bonds is 18. The molecule has 0 fully saturated rings. The highest BCUT2D eigenvalue weighted by Gasteiger charge is 2.35. The van der Waals surface area contributed by atoms with Gasteiger partial charge in [0.05, 0.1) is 13.5 Å². The largest absolute Gasteiger partial charge is 0.469 e. The molecule has 31 heavy (non-hydrogen) atoms. The highest BCUT2D eigenvalue weighted by atomic mass is 32.2. The molecule has 1 unspecified atom stereocenters. The molecule has 0 aliphatic heterocycles. The Balaban J connectivity index is 2.46. The predicted molar refractivity (Wildman–Crippen MR) is 129 cm³/mol. The SMILES string of the molecule is CCCCCCCCCCCCc1ccccc1CC(O)(SCCC(=O)OC)C(N)=O. The van der Waals surface area contributed by atoms with E-state index in [0.717, 1.165) is 35.7 Å². The van der Waals surface area contributed by atoms with Crippen molar-refractivity contribution in [1.29, 1.82) is 0 Å². The van der Waals surface area contributed by atoms with Crippen LogP contribution in [-0.4, -0.2) is 34.8 Å². The smallest absolute Gasteiger partial charge is 0.306 e. The Bertz CT molecular complexity index is 652. The predicted octanol–water partition coefficient (Wildman–Crippen LogP) is 5.16. The van der Waals surface area contributed by atoms with E-state index in [2.05, 4.69) is 17.7 Å². The number of esters is 1. The molecule has 0 aliphatic carbocycles. The molecule has 1 amide bonds. The van der Waals surface area contributed by atoms with Crippen molar-refractivity contribution in [2.24, 2.45) is 5.73 Å². The van der Waals surface area contributed by atoms with Gasteiger partial charge in [-0.1, -0.05) is 89.0 Å². The second-order valence-electron chi connectivity index (χ2n) is 8.20. The van der Waals surface area contributed by atoms with Gasteiger partial charge in [-0.3, -0.25) is 9.59 Å². The van der Waals surface area contributed by atoms with Crippen LogP contribution in [0.2, 0.25) is 0 Å². The second kappa shape index (κ2) is 16.2. The van der Waals surface area contributed by atoms with Gasteiger partial charge in [0.25, 0.3) is 5.91 Å². The van der Waals surface area contributed by atoms with Crippen LogP contribution in [0.4, 0.5) is 0 Å². The lowest BCUT2D eigenvalue weighted by atomic mass is 9.96. The number of primary amides is 1. The van der Waals surface area contributed by atoms with Gasteiger partial charge >= 0.3 is 5.97 Å². The summed E-state index contributed by atoms with van der Waals surface area (Å²) >= 11 is 1.00. The van der Waals surface area contributed by atoms with Crippen molar-refractivity contribution >= 4 is 23.6 Å². The van der Waals surface area contributed by atoms with Gasteiger partial charge in [-0.05, 0) is 24.0 Å². The molecule has 5 nitrogen and oxygen atoms in total. The van der Waals surface area contributed by atoms with E-state index < -0.39 is 10.8 Å². The van der Waals surface area contributed by atoms with Crippen molar-refractivity contribution in [3.63, 3.8) is 0 Å². The van der Waals surface area contributed by atoms with Crippen molar-refractivity contribution in [3.05, 3.63) is 35.4 Å². The van der Waals surface area contributed by atoms with Gasteiger partial charge in [0.15, 0.2) is 4.93 Å². The maximum absolute atomic E-state index is 12.0. The van der Waals surface area contributed by atoms with E-state index in [0.29, 0.717) is 0 Å². The van der Waals surface area contributed by atoms with Crippen LogP contribution in [0.1, 0.15) is 88.7 Å². The third kappa shape index (κ3) is 11.6. The summed E-state index contributed by atoms with van der Waals surface area (Å²) in [7, 11) is 1.32. The summed E-state index contributed by atoms with van der Waals surface area (Å²) in [5, 5.41) is 10.8. The lowest BCUT2D eigenvalue weighted by molar-refractivity contribution is -0.140. The summed E-state index contributed by atoms with van der Waals surface area (Å²) in [6.07, 6.45) is 14.1. The summed E-state index contributed by atoms with van der Waals surface area (Å²) in [5.41, 5.74) is 7.58. The Hall–Kier alpha value is -1.53. The molecule has 176 valence electrons. The molecule has 0 radical (unpaired) electrons. The molecule has 0 saturated heterocycles. The molecule has 1 aromatic rings. The number of unbranched alkanes of at least 4 members (excludes halogenated alkanes) is 9. The summed E-state index contributed by atoms with van der Waals surface area (Å²) in [4.78, 5) is 21.5. The van der Waals surface area contributed by atoms with E-state index in [9.17, 15) is 14.7 Å². The molecule has 1 atom stereocenters. The molecule has 0 spiro atoms. The van der Waals surface area contributed by atoms with Crippen LogP contribution < -0.4 is 5.73 Å². The number of nitrogens with two attached hydrogens (primary N) is 1. The van der Waals surface area contributed by atoms with E-state index in [1.807, 2.05) is 18.2 Å². The molecule has 0 aliphatic rings. The zero-order chi connectivity index (χ0) is 23.0. The van der Waals surface area contributed by atoms with Crippen molar-refractivity contribution in [3.8, 4) is 0 Å². The van der Waals surface area contributed by atoms with Crippen molar-refractivity contribution < 1.29 is 19.4 Å². The van der Waals surface area contributed by atoms with Crippen LogP contribution in [0.5, 0.6) is 0 Å². The lowest BCUT2D eigenvalue weighted by Gasteiger charge is -2.25. The monoisotopic (exact) mass is 451 g/mol. The average Bonchev–Trinajstić information content (AvgIpc) is 2.75. The van der Waals surface area contributed by atoms with Gasteiger partial charge in [-0.15, -0.1) is 11.8 Å². The Kier molecular flexibility index (Phi) is 14.3. The lowest BCUT2D eigenvalue weighted by Crippen LogP contribution is -2.43. The molecule has 0 heterocycles. The van der Waals surface area contributed by atoms with Gasteiger partial charge in [0.1, 0.15) is 0 Å². The quantitative estimate of drug-likeness (QED) is 0.183. The first-order chi connectivity index (χ1) is 14.9. The van der Waals surface area contributed by atoms with Crippen LogP contribution in [0, 0.1) is 0 Å². The fourth-order valence-corrected chi connectivity index (χ4v) is 4.66. The topological polar surface area (TPSA) is 89.6 Å². The number of hydrogen-bond donors (Lipinski definition) is 2. The second-order valence-corrected chi connectivity index (χ2v) is 9.57. The zero-order valence-electron chi connectivity index (χ0n) is 19.4. The highest BCUT2D eigenvalue weighted by molar-refractivity contribution is 8.01. The standard InChI is InChI=1S/C25H41NO4S/c1-3-4-5-6-7-8-9-10-11-12-15-21-16-13-14-17-22(21)20-25(29,24(26)28)31-19-18-23(27)30-2/h13-14,16-17,29H,3-12,15,18-20H2,1-2H3,(H2,26,28). The fraction of sp³-hybridized carbons (Fsp3) is 0.680. The molecular formula is C25H41NO4S. The first kappa shape index (κ1) is 27.5. The molecule has 1 aromatic carbocycles. The minimum absolute atomic E-state index is 0.122. The number of amides is 1. The Labute approximate surface area is 192 Å². The summed E-state index contributed by atoms with van der Waals surface area (Å²) in [6, 6.07) is 7.91. The minimum atomic E-state index is -1.73. The highest BCUT2D eigenvalue weighted by Crippen LogP contribution is 2.29. The number of thioether (sulfide) groups is 1. The van der Waals surface area contributed by atoms with Crippen LogP contribution in [0.3, 0.4) is 0 Å². The van der Waals surface area contributed by atoms with Crippen LogP contribution in [0.15, 0.2) is 24.3 Å². The molecule has 3 N–H and O–H groups in total. The van der Waals surface area contributed by atoms with Crippen LogP contribution in [-0.2, 0) is 27.2 Å². The van der Waals surface area contributed by atoms with Gasteiger partial charge < -0.3 is 15.6 Å². The summed E-state index contributed by atoms with van der Waals surface area (Å²) in [6.45, 7) is 2.25. The van der Waals surface area contributed by atoms with Crippen LogP contribution in [0.25, 0.3) is 0 Å². The van der Waals surface area contributed by atoms with Gasteiger partial charge in [-0.2, -0.15) is 0 Å². The average molecular weight is 452 g/mol. The number of hydrogen-bond acceptors (Lipinski definition) is 5. The number of ether oxygens (including phenoxy) is 1. The Morgan fingerprint density at radius 2 is 1.52 bits per heavy atom. The number of benzene rings is 1. The molecule has 6 heteroatoms. The maximum atomic E-state index is 12.0. The van der Waals surface area contributed by atoms with E-state index in [1.165, 1.54) is 64.9 Å². The summed E-state index contributed by atoms with van der Waals surface area (Å²) in [5.74, 6) is -0.885. The van der Waals surface area contributed by atoms with Gasteiger partial charge in [0, 0.05) is 12.2 Å². The van der Waals surface area contributed by atoms with Crippen molar-refractivity contribution in [1.82, 2.24) is 0 Å².